The Labute approximate surface area is 271 Å². The molecule has 0 saturated carbocycles. The summed E-state index contributed by atoms with van der Waals surface area (Å²) in [6.07, 6.45) is 5.27. The van der Waals surface area contributed by atoms with Crippen molar-refractivity contribution in [3.05, 3.63) is 121 Å². The second-order valence-electron chi connectivity index (χ2n) is 10.4. The summed E-state index contributed by atoms with van der Waals surface area (Å²) in [5.74, 6) is 2.81. The normalized spacial score (nSPS) is 12.5. The van der Waals surface area contributed by atoms with Crippen molar-refractivity contribution in [2.45, 2.75) is 6.61 Å². The summed E-state index contributed by atoms with van der Waals surface area (Å²) in [4.78, 5) is 34.3. The van der Waals surface area contributed by atoms with Crippen LogP contribution >= 0.6 is 0 Å². The highest BCUT2D eigenvalue weighted by atomic mass is 16.5. The molecule has 10 heteroatoms. The molecule has 1 N–H and O–H groups in total. The largest absolute Gasteiger partial charge is 0.493 e. The number of carbonyl (C=O) groups excluding carboxylic acids is 2. The van der Waals surface area contributed by atoms with Crippen LogP contribution in [0.2, 0.25) is 0 Å². The third-order valence-electron chi connectivity index (χ3n) is 7.23. The number of aromatic nitrogens is 2. The van der Waals surface area contributed by atoms with Crippen LogP contribution in [0.1, 0.15) is 11.1 Å². The Kier molecular flexibility index (Phi) is 9.50. The molecule has 0 bridgehead atoms. The zero-order valence-corrected chi connectivity index (χ0v) is 25.8. The van der Waals surface area contributed by atoms with E-state index >= 15 is 0 Å². The van der Waals surface area contributed by atoms with Gasteiger partial charge in [0, 0.05) is 35.4 Å². The van der Waals surface area contributed by atoms with Crippen molar-refractivity contribution in [2.24, 2.45) is 0 Å². The zero-order valence-electron chi connectivity index (χ0n) is 25.8. The van der Waals surface area contributed by atoms with Crippen LogP contribution in [0.3, 0.4) is 0 Å². The Morgan fingerprint density at radius 2 is 1.60 bits per heavy atom. The first-order valence-corrected chi connectivity index (χ1v) is 14.8. The van der Waals surface area contributed by atoms with Crippen molar-refractivity contribution in [3.8, 4) is 28.7 Å². The topological polar surface area (TPSA) is 118 Å². The fourth-order valence-electron chi connectivity index (χ4n) is 4.95. The van der Waals surface area contributed by atoms with Gasteiger partial charge < -0.3 is 29.0 Å². The summed E-state index contributed by atoms with van der Waals surface area (Å²) in [6.45, 7) is 1.01. The van der Waals surface area contributed by atoms with E-state index < -0.39 is 0 Å². The summed E-state index contributed by atoms with van der Waals surface area (Å²) in [5.41, 5.74) is 2.75. The van der Waals surface area contributed by atoms with E-state index in [1.807, 2.05) is 54.6 Å². The van der Waals surface area contributed by atoms with Crippen LogP contribution in [0.4, 0.5) is 11.5 Å². The number of para-hydroxylation sites is 1. The number of methoxy groups -OCH3 is 2. The number of hydrogen-bond donors (Lipinski definition) is 1. The van der Waals surface area contributed by atoms with Gasteiger partial charge in [0.1, 0.15) is 42.6 Å². The van der Waals surface area contributed by atoms with Crippen LogP contribution in [-0.2, 0) is 20.9 Å². The van der Waals surface area contributed by atoms with Gasteiger partial charge in [0.2, 0.25) is 0 Å². The maximum Gasteiger partial charge on any atom is 0.186 e. The van der Waals surface area contributed by atoms with E-state index in [0.717, 1.165) is 11.3 Å². The zero-order chi connectivity index (χ0) is 32.6. The molecule has 0 spiro atoms. The van der Waals surface area contributed by atoms with E-state index in [4.69, 9.17) is 23.7 Å². The Morgan fingerprint density at radius 1 is 0.745 bits per heavy atom. The maximum atomic E-state index is 13.0. The average Bonchev–Trinajstić information content (AvgIpc) is 3.09. The first kappa shape index (κ1) is 31.0. The number of hydrogen-bond acceptors (Lipinski definition) is 10. The molecule has 5 aromatic rings. The number of fused-ring (bicyclic) bond motifs is 1. The van der Waals surface area contributed by atoms with Gasteiger partial charge in [-0.2, -0.15) is 0 Å². The molecule has 0 atom stereocenters. The van der Waals surface area contributed by atoms with Gasteiger partial charge in [-0.3, -0.25) is 9.59 Å². The number of nitrogens with one attached hydrogen (secondary N) is 1. The predicted octanol–water partition coefficient (Wildman–Crippen LogP) is 6.87. The molecule has 1 aromatic heterocycles. The number of allylic oxidation sites excluding steroid dienone is 4. The van der Waals surface area contributed by atoms with Crippen LogP contribution in [0.15, 0.2) is 109 Å². The van der Waals surface area contributed by atoms with Crippen LogP contribution in [0.25, 0.3) is 16.5 Å². The molecule has 0 aliphatic heterocycles. The molecule has 1 aliphatic carbocycles. The number of nitrogens with zero attached hydrogens (tertiary/aromatic N) is 2. The third-order valence-corrected chi connectivity index (χ3v) is 7.23. The highest BCUT2D eigenvalue weighted by Crippen LogP contribution is 2.37. The monoisotopic (exact) mass is 629 g/mol. The summed E-state index contributed by atoms with van der Waals surface area (Å²) in [6, 6.07) is 26.0. The lowest BCUT2D eigenvalue weighted by atomic mass is 9.94. The molecular weight excluding hydrogens is 598 g/mol. The number of ether oxygens (including phenoxy) is 5. The number of rotatable bonds is 13. The van der Waals surface area contributed by atoms with Gasteiger partial charge in [0.05, 0.1) is 19.2 Å². The highest BCUT2D eigenvalue weighted by Gasteiger charge is 2.21. The van der Waals surface area contributed by atoms with E-state index in [-0.39, 0.29) is 23.7 Å². The standard InChI is InChI=1S/C37H31N3O7/c1-43-15-16-45-36-21-33-31(20-35(36)44-2)37(39-23-38-33)40-32-13-12-27(19-29(32)30-18-25(41)11-14-34(30)42)46-22-24-7-6-10-28(17-24)47-26-8-4-3-5-9-26/h3-14,17-21,23H,15-16,22H2,1-2H3,(H,38,39,40). The maximum absolute atomic E-state index is 13.0. The minimum absolute atomic E-state index is 0.230. The van der Waals surface area contributed by atoms with E-state index in [2.05, 4.69) is 15.3 Å². The van der Waals surface area contributed by atoms with Gasteiger partial charge in [-0.1, -0.05) is 30.3 Å². The fourth-order valence-corrected chi connectivity index (χ4v) is 4.95. The summed E-state index contributed by atoms with van der Waals surface area (Å²) in [7, 11) is 3.15. The van der Waals surface area contributed by atoms with E-state index in [1.165, 1.54) is 24.6 Å². The third kappa shape index (κ3) is 7.46. The molecule has 1 heterocycles. The van der Waals surface area contributed by atoms with Crippen molar-refractivity contribution in [1.29, 1.82) is 0 Å². The summed E-state index contributed by atoms with van der Waals surface area (Å²) >= 11 is 0. The lowest BCUT2D eigenvalue weighted by Gasteiger charge is -2.18. The molecule has 6 rings (SSSR count). The molecule has 1 aliphatic rings. The minimum Gasteiger partial charge on any atom is -0.493 e. The summed E-state index contributed by atoms with van der Waals surface area (Å²) < 4.78 is 28.6. The van der Waals surface area contributed by atoms with Gasteiger partial charge in [-0.15, -0.1) is 0 Å². The molecule has 0 unspecified atom stereocenters. The Hall–Kier alpha value is -6.00. The van der Waals surface area contributed by atoms with Crippen molar-refractivity contribution in [1.82, 2.24) is 9.97 Å². The highest BCUT2D eigenvalue weighted by molar-refractivity contribution is 6.34. The molecule has 47 heavy (non-hydrogen) atoms. The Bertz CT molecular complexity index is 1990. The fraction of sp³-hybridized carbons (Fsp3) is 0.135. The van der Waals surface area contributed by atoms with Crippen LogP contribution in [0.5, 0.6) is 28.7 Å². The molecular formula is C37H31N3O7. The Balaban J connectivity index is 1.29. The van der Waals surface area contributed by atoms with Gasteiger partial charge in [0.25, 0.3) is 0 Å². The first-order chi connectivity index (χ1) is 23.0. The second kappa shape index (κ2) is 14.4. The minimum atomic E-state index is -0.303. The van der Waals surface area contributed by atoms with Crippen molar-refractivity contribution in [3.63, 3.8) is 0 Å². The van der Waals surface area contributed by atoms with Gasteiger partial charge >= 0.3 is 0 Å². The number of carbonyl (C=O) groups is 2. The van der Waals surface area contributed by atoms with Crippen LogP contribution in [-0.4, -0.2) is 49.0 Å². The molecule has 0 radical (unpaired) electrons. The van der Waals surface area contributed by atoms with E-state index in [9.17, 15) is 9.59 Å². The van der Waals surface area contributed by atoms with Crippen LogP contribution in [0, 0.1) is 0 Å². The average molecular weight is 630 g/mol. The number of ketones is 2. The van der Waals surface area contributed by atoms with Crippen molar-refractivity contribution >= 4 is 39.5 Å². The Morgan fingerprint density at radius 3 is 2.43 bits per heavy atom. The lowest BCUT2D eigenvalue weighted by Crippen LogP contribution is -2.09. The van der Waals surface area contributed by atoms with E-state index in [1.54, 1.807) is 44.6 Å². The summed E-state index contributed by atoms with van der Waals surface area (Å²) in [5, 5.41) is 3.99. The lowest BCUT2D eigenvalue weighted by molar-refractivity contribution is -0.113. The molecule has 4 aromatic carbocycles. The van der Waals surface area contributed by atoms with Gasteiger partial charge in [-0.25, -0.2) is 9.97 Å². The molecule has 10 nitrogen and oxygen atoms in total. The first-order valence-electron chi connectivity index (χ1n) is 14.8. The van der Waals surface area contributed by atoms with E-state index in [0.29, 0.717) is 64.2 Å². The van der Waals surface area contributed by atoms with Crippen molar-refractivity contribution in [2.75, 3.05) is 32.8 Å². The molecule has 0 amide bonds. The number of benzene rings is 4. The second-order valence-corrected chi connectivity index (χ2v) is 10.4. The molecule has 0 saturated heterocycles. The SMILES string of the molecule is COCCOc1cc2ncnc(Nc3ccc(OCc4cccc(Oc5ccccc5)c4)cc3C3=CC(=O)C=CC3=O)c2cc1OC. The van der Waals surface area contributed by atoms with Gasteiger partial charge in [-0.05, 0) is 72.3 Å². The quantitative estimate of drug-likeness (QED) is 0.109. The molecule has 0 fully saturated rings. The van der Waals surface area contributed by atoms with Gasteiger partial charge in [0.15, 0.2) is 23.1 Å². The van der Waals surface area contributed by atoms with Crippen molar-refractivity contribution < 1.29 is 33.3 Å². The smallest absolute Gasteiger partial charge is 0.186 e. The predicted molar refractivity (Wildman–Crippen MR) is 178 cm³/mol. The van der Waals surface area contributed by atoms with Crippen LogP contribution < -0.4 is 24.3 Å². The molecule has 236 valence electrons. The number of anilines is 2.